The topological polar surface area (TPSA) is 61.4 Å². The molecule has 1 atom stereocenters. The summed E-state index contributed by atoms with van der Waals surface area (Å²) in [4.78, 5) is 25.6. The van der Waals surface area contributed by atoms with Gasteiger partial charge in [0.1, 0.15) is 0 Å². The highest BCUT2D eigenvalue weighted by Crippen LogP contribution is 2.28. The van der Waals surface area contributed by atoms with Crippen molar-refractivity contribution >= 4 is 11.9 Å². The molecular weight excluding hydrogens is 290 g/mol. The van der Waals surface area contributed by atoms with Gasteiger partial charge in [-0.3, -0.25) is 9.69 Å². The number of hydrogen-bond donors (Lipinski definition) is 1. The molecule has 2 heterocycles. The predicted octanol–water partition coefficient (Wildman–Crippen LogP) is 1.52. The molecule has 1 saturated heterocycles. The molecule has 126 valence electrons. The van der Waals surface area contributed by atoms with Gasteiger partial charge >= 0.3 is 0 Å². The standard InChI is InChI=1S/C17H27N5O/c1-21(2)17-18-11-13-14(7-6-8-15(13)20-17)19-16(23)12-22-9-4-3-5-10-22/h11,14H,3-10,12H2,1-2H3,(H,19,23)/t14-/m0/s1. The van der Waals surface area contributed by atoms with Crippen LogP contribution >= 0.6 is 0 Å². The van der Waals surface area contributed by atoms with Gasteiger partial charge in [-0.2, -0.15) is 0 Å². The Morgan fingerprint density at radius 1 is 1.30 bits per heavy atom. The maximum atomic E-state index is 12.4. The average molecular weight is 317 g/mol. The zero-order valence-electron chi connectivity index (χ0n) is 14.2. The lowest BCUT2D eigenvalue weighted by molar-refractivity contribution is -0.123. The fourth-order valence-corrected chi connectivity index (χ4v) is 3.46. The quantitative estimate of drug-likeness (QED) is 0.912. The van der Waals surface area contributed by atoms with E-state index in [1.54, 1.807) is 0 Å². The largest absolute Gasteiger partial charge is 0.348 e. The molecule has 1 N–H and O–H groups in total. The van der Waals surface area contributed by atoms with Crippen LogP contribution in [0.5, 0.6) is 0 Å². The highest BCUT2D eigenvalue weighted by atomic mass is 16.2. The summed E-state index contributed by atoms with van der Waals surface area (Å²) in [6.45, 7) is 2.61. The Morgan fingerprint density at radius 3 is 2.83 bits per heavy atom. The van der Waals surface area contributed by atoms with Gasteiger partial charge in [0.05, 0.1) is 18.3 Å². The molecule has 1 amide bonds. The summed E-state index contributed by atoms with van der Waals surface area (Å²) in [7, 11) is 3.89. The first-order valence-corrected chi connectivity index (χ1v) is 8.68. The van der Waals surface area contributed by atoms with Crippen LogP contribution in [-0.4, -0.2) is 54.5 Å². The van der Waals surface area contributed by atoms with Crippen molar-refractivity contribution in [2.24, 2.45) is 0 Å². The zero-order valence-corrected chi connectivity index (χ0v) is 14.2. The second kappa shape index (κ2) is 7.25. The number of likely N-dealkylation sites (tertiary alicyclic amines) is 1. The summed E-state index contributed by atoms with van der Waals surface area (Å²) in [5, 5.41) is 3.20. The number of anilines is 1. The van der Waals surface area contributed by atoms with Crippen LogP contribution in [0.15, 0.2) is 6.20 Å². The number of carbonyl (C=O) groups excluding carboxylic acids is 1. The van der Waals surface area contributed by atoms with Gasteiger partial charge in [-0.15, -0.1) is 0 Å². The molecule has 6 heteroatoms. The van der Waals surface area contributed by atoms with Crippen LogP contribution < -0.4 is 10.2 Å². The summed E-state index contributed by atoms with van der Waals surface area (Å²) in [5.41, 5.74) is 2.17. The molecule has 3 rings (SSSR count). The number of fused-ring (bicyclic) bond motifs is 1. The number of hydrogen-bond acceptors (Lipinski definition) is 5. The van der Waals surface area contributed by atoms with Crippen molar-refractivity contribution in [3.05, 3.63) is 17.5 Å². The van der Waals surface area contributed by atoms with Crippen molar-refractivity contribution < 1.29 is 4.79 Å². The van der Waals surface area contributed by atoms with E-state index in [2.05, 4.69) is 20.2 Å². The Kier molecular flexibility index (Phi) is 5.10. The average Bonchev–Trinajstić information content (AvgIpc) is 2.55. The Labute approximate surface area is 138 Å². The molecule has 0 spiro atoms. The van der Waals surface area contributed by atoms with Crippen molar-refractivity contribution in [3.8, 4) is 0 Å². The zero-order chi connectivity index (χ0) is 16.2. The second-order valence-electron chi connectivity index (χ2n) is 6.82. The molecule has 1 aliphatic heterocycles. The number of piperidine rings is 1. The van der Waals surface area contributed by atoms with E-state index in [-0.39, 0.29) is 11.9 Å². The van der Waals surface area contributed by atoms with Crippen LogP contribution in [0.4, 0.5) is 5.95 Å². The Hall–Kier alpha value is -1.69. The third kappa shape index (κ3) is 3.99. The van der Waals surface area contributed by atoms with Crippen molar-refractivity contribution in [1.82, 2.24) is 20.2 Å². The van der Waals surface area contributed by atoms with Gasteiger partial charge < -0.3 is 10.2 Å². The number of rotatable bonds is 4. The minimum Gasteiger partial charge on any atom is -0.348 e. The first-order chi connectivity index (χ1) is 11.1. The fourth-order valence-electron chi connectivity index (χ4n) is 3.46. The van der Waals surface area contributed by atoms with Crippen LogP contribution in [-0.2, 0) is 11.2 Å². The van der Waals surface area contributed by atoms with Crippen molar-refractivity contribution in [3.63, 3.8) is 0 Å². The summed E-state index contributed by atoms with van der Waals surface area (Å²) in [6.07, 6.45) is 8.61. The van der Waals surface area contributed by atoms with E-state index in [4.69, 9.17) is 0 Å². The van der Waals surface area contributed by atoms with Gasteiger partial charge in [-0.1, -0.05) is 6.42 Å². The molecule has 1 aromatic heterocycles. The van der Waals surface area contributed by atoms with Crippen LogP contribution in [0.1, 0.15) is 49.4 Å². The lowest BCUT2D eigenvalue weighted by Crippen LogP contribution is -2.41. The van der Waals surface area contributed by atoms with Crippen LogP contribution in [0, 0.1) is 0 Å². The van der Waals surface area contributed by atoms with Gasteiger partial charge in [-0.05, 0) is 45.2 Å². The first-order valence-electron chi connectivity index (χ1n) is 8.68. The van der Waals surface area contributed by atoms with Crippen molar-refractivity contribution in [1.29, 1.82) is 0 Å². The molecule has 6 nitrogen and oxygen atoms in total. The van der Waals surface area contributed by atoms with Crippen molar-refractivity contribution in [2.45, 2.75) is 44.6 Å². The molecule has 1 aliphatic carbocycles. The van der Waals surface area contributed by atoms with E-state index in [9.17, 15) is 4.79 Å². The van der Waals surface area contributed by atoms with Crippen LogP contribution in [0.2, 0.25) is 0 Å². The number of nitrogens with zero attached hydrogens (tertiary/aromatic N) is 4. The van der Waals surface area contributed by atoms with Gasteiger partial charge in [0.2, 0.25) is 11.9 Å². The van der Waals surface area contributed by atoms with Gasteiger partial charge in [0, 0.05) is 25.9 Å². The molecule has 0 saturated carbocycles. The molecule has 0 aromatic carbocycles. The molecule has 2 aliphatic rings. The maximum absolute atomic E-state index is 12.4. The van der Waals surface area contributed by atoms with E-state index >= 15 is 0 Å². The maximum Gasteiger partial charge on any atom is 0.234 e. The number of aryl methyl sites for hydroxylation is 1. The smallest absolute Gasteiger partial charge is 0.234 e. The number of nitrogens with one attached hydrogen (secondary N) is 1. The SMILES string of the molecule is CN(C)c1ncc2c(n1)CCC[C@@H]2NC(=O)CN1CCCCC1. The summed E-state index contributed by atoms with van der Waals surface area (Å²) in [6, 6.07) is 0.0623. The molecule has 0 bridgehead atoms. The lowest BCUT2D eigenvalue weighted by Gasteiger charge is -2.29. The van der Waals surface area contributed by atoms with E-state index in [0.717, 1.165) is 49.6 Å². The Balaban J connectivity index is 1.64. The monoisotopic (exact) mass is 317 g/mol. The van der Waals surface area contributed by atoms with E-state index in [0.29, 0.717) is 6.54 Å². The van der Waals surface area contributed by atoms with Gasteiger partial charge in [0.25, 0.3) is 0 Å². The third-order valence-corrected chi connectivity index (χ3v) is 4.72. The Bertz CT molecular complexity index is 554. The third-order valence-electron chi connectivity index (χ3n) is 4.72. The molecule has 1 aromatic rings. The van der Waals surface area contributed by atoms with Crippen molar-refractivity contribution in [2.75, 3.05) is 38.6 Å². The summed E-state index contributed by atoms with van der Waals surface area (Å²) in [5.74, 6) is 0.866. The molecular formula is C17H27N5O. The summed E-state index contributed by atoms with van der Waals surface area (Å²) < 4.78 is 0. The first kappa shape index (κ1) is 16.2. The molecule has 0 unspecified atom stereocenters. The molecule has 1 fully saturated rings. The summed E-state index contributed by atoms with van der Waals surface area (Å²) >= 11 is 0. The predicted molar refractivity (Wildman–Crippen MR) is 90.5 cm³/mol. The Morgan fingerprint density at radius 2 is 2.09 bits per heavy atom. The lowest BCUT2D eigenvalue weighted by atomic mass is 9.92. The highest BCUT2D eigenvalue weighted by molar-refractivity contribution is 5.78. The molecule has 0 radical (unpaired) electrons. The highest BCUT2D eigenvalue weighted by Gasteiger charge is 2.25. The van der Waals surface area contributed by atoms with E-state index < -0.39 is 0 Å². The normalized spacial score (nSPS) is 21.6. The van der Waals surface area contributed by atoms with Gasteiger partial charge in [0.15, 0.2) is 0 Å². The number of amides is 1. The number of carbonyl (C=O) groups is 1. The minimum absolute atomic E-state index is 0.0623. The minimum atomic E-state index is 0.0623. The number of aromatic nitrogens is 2. The van der Waals surface area contributed by atoms with E-state index in [1.165, 1.54) is 19.3 Å². The fraction of sp³-hybridized carbons (Fsp3) is 0.706. The van der Waals surface area contributed by atoms with E-state index in [1.807, 2.05) is 25.2 Å². The molecule has 23 heavy (non-hydrogen) atoms. The van der Waals surface area contributed by atoms with Crippen LogP contribution in [0.25, 0.3) is 0 Å². The van der Waals surface area contributed by atoms with Gasteiger partial charge in [-0.25, -0.2) is 9.97 Å². The van der Waals surface area contributed by atoms with Crippen LogP contribution in [0.3, 0.4) is 0 Å². The second-order valence-corrected chi connectivity index (χ2v) is 6.82.